The van der Waals surface area contributed by atoms with Crippen molar-refractivity contribution in [2.75, 3.05) is 16.8 Å². The maximum Gasteiger partial charge on any atom is 0.276 e. The lowest BCUT2D eigenvalue weighted by atomic mass is 10.1. The fourth-order valence-electron chi connectivity index (χ4n) is 2.54. The normalized spacial score (nSPS) is 14.0. The number of benzene rings is 1. The number of nitrogens with one attached hydrogen (secondary N) is 1. The number of anilines is 2. The van der Waals surface area contributed by atoms with Gasteiger partial charge >= 0.3 is 0 Å². The number of rotatable bonds is 3. The van der Waals surface area contributed by atoms with E-state index < -0.39 is 9.70 Å². The zero-order chi connectivity index (χ0) is 19.1. The summed E-state index contributed by atoms with van der Waals surface area (Å²) in [6.07, 6.45) is 0. The van der Waals surface area contributed by atoms with Gasteiger partial charge in [-0.1, -0.05) is 40.0 Å². The molecule has 3 rings (SSSR count). The number of aryl methyl sites for hydroxylation is 2. The summed E-state index contributed by atoms with van der Waals surface area (Å²) in [5, 5.41) is 6.39. The first-order chi connectivity index (χ1) is 12.2. The number of aromatic nitrogens is 1. The van der Waals surface area contributed by atoms with Gasteiger partial charge in [0, 0.05) is 11.3 Å². The van der Waals surface area contributed by atoms with Crippen LogP contribution in [0.2, 0.25) is 0 Å². The van der Waals surface area contributed by atoms with E-state index in [4.69, 9.17) is 44.1 Å². The second-order valence-corrected chi connectivity index (χ2v) is 7.99. The molecule has 0 bridgehead atoms. The average Bonchev–Trinajstić information content (AvgIpc) is 2.88. The van der Waals surface area contributed by atoms with Gasteiger partial charge in [0.15, 0.2) is 6.61 Å². The van der Waals surface area contributed by atoms with Crippen LogP contribution in [0.1, 0.15) is 17.0 Å². The van der Waals surface area contributed by atoms with E-state index in [0.717, 1.165) is 5.56 Å². The topological polar surface area (TPSA) is 84.7 Å². The minimum atomic E-state index is -2.10. The summed E-state index contributed by atoms with van der Waals surface area (Å²) in [6.45, 7) is 3.75. The lowest BCUT2D eigenvalue weighted by molar-refractivity contribution is -0.121. The van der Waals surface area contributed by atoms with Gasteiger partial charge in [-0.3, -0.25) is 9.59 Å². The van der Waals surface area contributed by atoms with Gasteiger partial charge in [0.25, 0.3) is 15.6 Å². The molecule has 0 radical (unpaired) electrons. The molecule has 2 aromatic rings. The molecular formula is C16H14Cl3N3O4. The van der Waals surface area contributed by atoms with E-state index in [9.17, 15) is 9.59 Å². The molecule has 2 heterocycles. The molecule has 26 heavy (non-hydrogen) atoms. The number of hydrogen-bond donors (Lipinski definition) is 1. The molecule has 1 N–H and O–H groups in total. The zero-order valence-electron chi connectivity index (χ0n) is 13.8. The molecule has 1 aromatic carbocycles. The summed E-state index contributed by atoms with van der Waals surface area (Å²) in [6, 6.07) is 4.81. The van der Waals surface area contributed by atoms with Crippen LogP contribution < -0.4 is 15.0 Å². The summed E-state index contributed by atoms with van der Waals surface area (Å²) < 4.78 is 8.51. The molecular weight excluding hydrogens is 405 g/mol. The molecule has 1 aromatic heterocycles. The predicted molar refractivity (Wildman–Crippen MR) is 98.0 cm³/mol. The van der Waals surface area contributed by atoms with E-state index in [0.29, 0.717) is 28.6 Å². The van der Waals surface area contributed by atoms with Crippen LogP contribution >= 0.6 is 34.8 Å². The van der Waals surface area contributed by atoms with Gasteiger partial charge in [-0.2, -0.15) is 0 Å². The second kappa shape index (κ2) is 6.98. The number of fused-ring (bicyclic) bond motifs is 1. The summed E-state index contributed by atoms with van der Waals surface area (Å²) in [4.78, 5) is 25.8. The first kappa shape index (κ1) is 18.8. The smallest absolute Gasteiger partial charge is 0.276 e. The minimum absolute atomic E-state index is 0.0871. The second-order valence-electron chi connectivity index (χ2n) is 5.71. The Morgan fingerprint density at radius 2 is 2.08 bits per heavy atom. The number of carbonyl (C=O) groups excluding carboxylic acids is 2. The van der Waals surface area contributed by atoms with E-state index in [1.54, 1.807) is 32.0 Å². The Morgan fingerprint density at radius 1 is 1.35 bits per heavy atom. The standard InChI is InChI=1S/C16H14Cl3N3O4/c1-8-11(9(2)26-21-8)6-22-12-5-10(20-15(24)16(17,18)19)3-4-13(12)25-7-14(22)23/h3-5H,6-7H2,1-2H3,(H,20,24). The number of carbonyl (C=O) groups is 2. The zero-order valence-corrected chi connectivity index (χ0v) is 16.1. The van der Waals surface area contributed by atoms with Crippen LogP contribution in [0.25, 0.3) is 0 Å². The van der Waals surface area contributed by atoms with Crippen molar-refractivity contribution >= 4 is 58.0 Å². The molecule has 0 spiro atoms. The van der Waals surface area contributed by atoms with E-state index in [1.807, 2.05) is 0 Å². The van der Waals surface area contributed by atoms with Crippen molar-refractivity contribution in [2.24, 2.45) is 0 Å². The summed E-state index contributed by atoms with van der Waals surface area (Å²) in [5.41, 5.74) is 2.36. The molecule has 0 atom stereocenters. The highest BCUT2D eigenvalue weighted by Crippen LogP contribution is 2.37. The molecule has 2 amide bonds. The molecule has 0 aliphatic carbocycles. The van der Waals surface area contributed by atoms with E-state index in [-0.39, 0.29) is 19.1 Å². The number of alkyl halides is 3. The highest BCUT2D eigenvalue weighted by Gasteiger charge is 2.32. The largest absolute Gasteiger partial charge is 0.482 e. The van der Waals surface area contributed by atoms with Gasteiger partial charge in [-0.25, -0.2) is 0 Å². The third kappa shape index (κ3) is 3.75. The van der Waals surface area contributed by atoms with E-state index >= 15 is 0 Å². The Bertz CT molecular complexity index is 857. The molecule has 138 valence electrons. The molecule has 0 saturated carbocycles. The van der Waals surface area contributed by atoms with Gasteiger partial charge in [-0.15, -0.1) is 0 Å². The number of amides is 2. The maximum absolute atomic E-state index is 12.4. The first-order valence-electron chi connectivity index (χ1n) is 7.54. The molecule has 1 aliphatic heterocycles. The van der Waals surface area contributed by atoms with Crippen molar-refractivity contribution in [3.63, 3.8) is 0 Å². The van der Waals surface area contributed by atoms with Crippen molar-refractivity contribution in [3.8, 4) is 5.75 Å². The lowest BCUT2D eigenvalue weighted by Crippen LogP contribution is -2.38. The average molecular weight is 419 g/mol. The van der Waals surface area contributed by atoms with Crippen molar-refractivity contribution < 1.29 is 18.8 Å². The Hall–Kier alpha value is -1.96. The van der Waals surface area contributed by atoms with Gasteiger partial charge in [0.05, 0.1) is 17.9 Å². The molecule has 1 aliphatic rings. The monoisotopic (exact) mass is 417 g/mol. The lowest BCUT2D eigenvalue weighted by Gasteiger charge is -2.30. The minimum Gasteiger partial charge on any atom is -0.482 e. The predicted octanol–water partition coefficient (Wildman–Crippen LogP) is 3.53. The molecule has 10 heteroatoms. The van der Waals surface area contributed by atoms with Crippen molar-refractivity contribution in [2.45, 2.75) is 24.2 Å². The molecule has 7 nitrogen and oxygen atoms in total. The Morgan fingerprint density at radius 3 is 2.69 bits per heavy atom. The Labute approximate surface area is 164 Å². The summed E-state index contributed by atoms with van der Waals surface area (Å²) >= 11 is 16.7. The van der Waals surface area contributed by atoms with Gasteiger partial charge in [0.2, 0.25) is 0 Å². The van der Waals surface area contributed by atoms with E-state index in [1.165, 1.54) is 4.90 Å². The first-order valence-corrected chi connectivity index (χ1v) is 8.67. The third-order valence-electron chi connectivity index (χ3n) is 3.91. The maximum atomic E-state index is 12.4. The van der Waals surface area contributed by atoms with Crippen LogP contribution in [0.5, 0.6) is 5.75 Å². The molecule has 0 unspecified atom stereocenters. The van der Waals surface area contributed by atoms with Crippen LogP contribution in [0, 0.1) is 13.8 Å². The van der Waals surface area contributed by atoms with Gasteiger partial charge < -0.3 is 19.5 Å². The van der Waals surface area contributed by atoms with Crippen molar-refractivity contribution in [3.05, 3.63) is 35.2 Å². The number of nitrogens with zero attached hydrogens (tertiary/aromatic N) is 2. The van der Waals surface area contributed by atoms with Gasteiger partial charge in [0.1, 0.15) is 11.5 Å². The summed E-state index contributed by atoms with van der Waals surface area (Å²) in [5.74, 6) is 0.0948. The number of hydrogen-bond acceptors (Lipinski definition) is 5. The number of ether oxygens (including phenoxy) is 1. The Kier molecular flexibility index (Phi) is 5.05. The van der Waals surface area contributed by atoms with Crippen LogP contribution in [-0.4, -0.2) is 27.4 Å². The molecule has 0 fully saturated rings. The van der Waals surface area contributed by atoms with Crippen molar-refractivity contribution in [1.29, 1.82) is 0 Å². The third-order valence-corrected chi connectivity index (χ3v) is 4.43. The quantitative estimate of drug-likeness (QED) is 0.771. The van der Waals surface area contributed by atoms with Gasteiger partial charge in [-0.05, 0) is 32.0 Å². The number of halogens is 3. The van der Waals surface area contributed by atoms with Crippen LogP contribution in [0.4, 0.5) is 11.4 Å². The fraction of sp³-hybridized carbons (Fsp3) is 0.312. The Balaban J connectivity index is 1.93. The SMILES string of the molecule is Cc1noc(C)c1CN1C(=O)COc2ccc(NC(=O)C(Cl)(Cl)Cl)cc21. The van der Waals surface area contributed by atoms with Crippen LogP contribution in [-0.2, 0) is 16.1 Å². The summed E-state index contributed by atoms with van der Waals surface area (Å²) in [7, 11) is 0. The highest BCUT2D eigenvalue weighted by molar-refractivity contribution is 6.76. The van der Waals surface area contributed by atoms with Crippen LogP contribution in [0.15, 0.2) is 22.7 Å². The van der Waals surface area contributed by atoms with E-state index in [2.05, 4.69) is 10.5 Å². The molecule has 0 saturated heterocycles. The van der Waals surface area contributed by atoms with Crippen molar-refractivity contribution in [1.82, 2.24) is 5.16 Å². The van der Waals surface area contributed by atoms with Crippen LogP contribution in [0.3, 0.4) is 0 Å². The highest BCUT2D eigenvalue weighted by atomic mass is 35.6. The fourth-order valence-corrected chi connectivity index (χ4v) is 2.68.